The zero-order valence-corrected chi connectivity index (χ0v) is 28.8. The molecule has 4 aromatic carbocycles. The Hall–Kier alpha value is -5.82. The van der Waals surface area contributed by atoms with E-state index in [0.717, 1.165) is 22.6 Å². The standard InChI is InChI=1S/C37H36N6O6S/c1-46-26-19-17-24(18-20-26)28-21-30(27-13-10-16-32(48-3)35(27)49-4)43(41-28)34(44)23-50-37-40-39-33(22-38-36(45)25-11-6-5-7-12-25)42(37)29-14-8-9-15-31(29)47-2/h5-20,30H,21-23H2,1-4H3,(H,38,45). The van der Waals surface area contributed by atoms with Crippen LogP contribution in [0, 0.1) is 0 Å². The Balaban J connectivity index is 1.30. The SMILES string of the molecule is COc1ccc(C2=NN(C(=O)CSc3nnc(CNC(=O)c4ccccc4)n3-c3ccccc3OC)C(c3cccc(OC)c3OC)C2)cc1. The van der Waals surface area contributed by atoms with Crippen molar-refractivity contribution in [2.45, 2.75) is 24.2 Å². The molecule has 1 aliphatic heterocycles. The number of nitrogens with one attached hydrogen (secondary N) is 1. The van der Waals surface area contributed by atoms with Crippen LogP contribution in [0.25, 0.3) is 5.69 Å². The van der Waals surface area contributed by atoms with Crippen molar-refractivity contribution >= 4 is 29.3 Å². The summed E-state index contributed by atoms with van der Waals surface area (Å²) < 4.78 is 24.1. The predicted molar refractivity (Wildman–Crippen MR) is 190 cm³/mol. The van der Waals surface area contributed by atoms with Gasteiger partial charge in [-0.05, 0) is 60.2 Å². The number of nitrogens with zero attached hydrogens (tertiary/aromatic N) is 5. The van der Waals surface area contributed by atoms with Crippen molar-refractivity contribution < 1.29 is 28.5 Å². The normalized spacial score (nSPS) is 13.8. The Morgan fingerprint density at radius 3 is 2.24 bits per heavy atom. The van der Waals surface area contributed by atoms with Crippen LogP contribution in [0.5, 0.6) is 23.0 Å². The van der Waals surface area contributed by atoms with Gasteiger partial charge >= 0.3 is 0 Å². The van der Waals surface area contributed by atoms with Gasteiger partial charge in [-0.3, -0.25) is 14.2 Å². The van der Waals surface area contributed by atoms with E-state index in [1.807, 2.05) is 72.8 Å². The van der Waals surface area contributed by atoms with Gasteiger partial charge in [0.05, 0.1) is 58.2 Å². The number of aromatic nitrogens is 3. The Labute approximate surface area is 294 Å². The van der Waals surface area contributed by atoms with Gasteiger partial charge in [-0.1, -0.05) is 54.2 Å². The summed E-state index contributed by atoms with van der Waals surface area (Å²) in [5.41, 5.74) is 3.58. The Morgan fingerprint density at radius 1 is 0.800 bits per heavy atom. The molecule has 0 saturated heterocycles. The lowest BCUT2D eigenvalue weighted by atomic mass is 9.97. The number of hydrogen-bond acceptors (Lipinski definition) is 10. The minimum absolute atomic E-state index is 0.00810. The minimum Gasteiger partial charge on any atom is -0.497 e. The number of rotatable bonds is 13. The molecule has 1 aliphatic rings. The average molecular weight is 693 g/mol. The summed E-state index contributed by atoms with van der Waals surface area (Å²) in [6.45, 7) is 0.0899. The molecule has 50 heavy (non-hydrogen) atoms. The van der Waals surface area contributed by atoms with Gasteiger partial charge in [0, 0.05) is 17.5 Å². The third kappa shape index (κ3) is 7.13. The highest BCUT2D eigenvalue weighted by Crippen LogP contribution is 2.42. The maximum atomic E-state index is 14.2. The fourth-order valence-electron chi connectivity index (χ4n) is 5.72. The van der Waals surface area contributed by atoms with E-state index in [1.54, 1.807) is 57.3 Å². The number of amides is 2. The number of benzene rings is 4. The van der Waals surface area contributed by atoms with Gasteiger partial charge in [-0.2, -0.15) is 5.10 Å². The highest BCUT2D eigenvalue weighted by Gasteiger charge is 2.36. The van der Waals surface area contributed by atoms with Crippen molar-refractivity contribution in [3.8, 4) is 28.7 Å². The zero-order chi connectivity index (χ0) is 35.0. The molecular formula is C37H36N6O6S. The van der Waals surface area contributed by atoms with Crippen LogP contribution in [0.3, 0.4) is 0 Å². The first-order chi connectivity index (χ1) is 24.4. The second-order valence-electron chi connectivity index (χ2n) is 11.1. The quantitative estimate of drug-likeness (QED) is 0.155. The number of hydrazone groups is 1. The molecule has 13 heteroatoms. The van der Waals surface area contributed by atoms with E-state index in [0.29, 0.717) is 45.9 Å². The smallest absolute Gasteiger partial charge is 0.253 e. The van der Waals surface area contributed by atoms with Crippen LogP contribution in [0.4, 0.5) is 0 Å². The largest absolute Gasteiger partial charge is 0.497 e. The monoisotopic (exact) mass is 692 g/mol. The maximum absolute atomic E-state index is 14.2. The van der Waals surface area contributed by atoms with Crippen molar-refractivity contribution in [3.05, 3.63) is 120 Å². The van der Waals surface area contributed by atoms with Gasteiger partial charge in [-0.25, -0.2) is 5.01 Å². The molecular weight excluding hydrogens is 657 g/mol. The second-order valence-corrected chi connectivity index (χ2v) is 12.0. The molecule has 0 radical (unpaired) electrons. The number of carbonyl (C=O) groups is 2. The van der Waals surface area contributed by atoms with Gasteiger partial charge in [0.2, 0.25) is 0 Å². The molecule has 0 fully saturated rings. The predicted octanol–water partition coefficient (Wildman–Crippen LogP) is 5.70. The Kier molecular flexibility index (Phi) is 10.6. The van der Waals surface area contributed by atoms with Crippen LogP contribution in [0.15, 0.2) is 107 Å². The summed E-state index contributed by atoms with van der Waals surface area (Å²) in [5, 5.41) is 18.6. The van der Waals surface area contributed by atoms with Gasteiger partial charge in [0.25, 0.3) is 11.8 Å². The molecule has 1 atom stereocenters. The number of thioether (sulfide) groups is 1. The van der Waals surface area contributed by atoms with Crippen molar-refractivity contribution in [3.63, 3.8) is 0 Å². The van der Waals surface area contributed by atoms with Crippen molar-refractivity contribution in [1.82, 2.24) is 25.1 Å². The van der Waals surface area contributed by atoms with Crippen molar-refractivity contribution in [1.29, 1.82) is 0 Å². The first-order valence-corrected chi connectivity index (χ1v) is 16.7. The molecule has 256 valence electrons. The molecule has 0 bridgehead atoms. The number of para-hydroxylation sites is 3. The van der Waals surface area contributed by atoms with Crippen molar-refractivity contribution in [2.75, 3.05) is 34.2 Å². The molecule has 5 aromatic rings. The zero-order valence-electron chi connectivity index (χ0n) is 28.0. The van der Waals surface area contributed by atoms with Crippen LogP contribution in [0.1, 0.15) is 39.8 Å². The Morgan fingerprint density at radius 2 is 1.52 bits per heavy atom. The maximum Gasteiger partial charge on any atom is 0.253 e. The summed E-state index contributed by atoms with van der Waals surface area (Å²) in [4.78, 5) is 27.0. The summed E-state index contributed by atoms with van der Waals surface area (Å²) in [7, 11) is 6.35. The second kappa shape index (κ2) is 15.6. The fraction of sp³-hybridized carbons (Fsp3) is 0.216. The van der Waals surface area contributed by atoms with E-state index in [2.05, 4.69) is 15.5 Å². The third-order valence-electron chi connectivity index (χ3n) is 8.18. The van der Waals surface area contributed by atoms with E-state index >= 15 is 0 Å². The summed E-state index contributed by atoms with van der Waals surface area (Å²) >= 11 is 1.21. The highest BCUT2D eigenvalue weighted by atomic mass is 32.2. The molecule has 0 saturated carbocycles. The van der Waals surface area contributed by atoms with Gasteiger partial charge in [-0.15, -0.1) is 10.2 Å². The number of carbonyl (C=O) groups excluding carboxylic acids is 2. The molecule has 2 amide bonds. The molecule has 1 N–H and O–H groups in total. The summed E-state index contributed by atoms with van der Waals surface area (Å²) in [6.07, 6.45) is 0.453. The lowest BCUT2D eigenvalue weighted by Gasteiger charge is -2.24. The number of ether oxygens (including phenoxy) is 4. The molecule has 1 unspecified atom stereocenters. The summed E-state index contributed by atoms with van der Waals surface area (Å²) in [6, 6.07) is 29.1. The molecule has 0 spiro atoms. The Bertz CT molecular complexity index is 2000. The molecule has 2 heterocycles. The van der Waals surface area contributed by atoms with E-state index in [-0.39, 0.29) is 24.1 Å². The van der Waals surface area contributed by atoms with Gasteiger partial charge < -0.3 is 24.3 Å². The van der Waals surface area contributed by atoms with E-state index in [4.69, 9.17) is 24.0 Å². The van der Waals surface area contributed by atoms with E-state index < -0.39 is 6.04 Å². The van der Waals surface area contributed by atoms with Gasteiger partial charge in [0.1, 0.15) is 11.5 Å². The topological polar surface area (TPSA) is 129 Å². The summed E-state index contributed by atoms with van der Waals surface area (Å²) in [5.74, 6) is 2.36. The fourth-order valence-corrected chi connectivity index (χ4v) is 6.54. The minimum atomic E-state index is -0.457. The van der Waals surface area contributed by atoms with E-state index in [1.165, 1.54) is 16.8 Å². The lowest BCUT2D eigenvalue weighted by Crippen LogP contribution is -2.29. The first kappa shape index (κ1) is 34.1. The highest BCUT2D eigenvalue weighted by molar-refractivity contribution is 7.99. The van der Waals surface area contributed by atoms with Crippen LogP contribution in [-0.4, -0.2) is 71.5 Å². The van der Waals surface area contributed by atoms with Crippen LogP contribution < -0.4 is 24.3 Å². The van der Waals surface area contributed by atoms with E-state index in [9.17, 15) is 9.59 Å². The molecule has 0 aliphatic carbocycles. The number of methoxy groups -OCH3 is 4. The lowest BCUT2D eigenvalue weighted by molar-refractivity contribution is -0.130. The molecule has 12 nitrogen and oxygen atoms in total. The third-order valence-corrected chi connectivity index (χ3v) is 9.09. The molecule has 6 rings (SSSR count). The van der Waals surface area contributed by atoms with Gasteiger partial charge in [0.15, 0.2) is 22.5 Å². The number of hydrogen-bond donors (Lipinski definition) is 1. The average Bonchev–Trinajstić information content (AvgIpc) is 3.80. The van der Waals surface area contributed by atoms with Crippen LogP contribution in [-0.2, 0) is 11.3 Å². The van der Waals surface area contributed by atoms with Crippen LogP contribution >= 0.6 is 11.8 Å². The molecule has 1 aromatic heterocycles. The van der Waals surface area contributed by atoms with Crippen molar-refractivity contribution in [2.24, 2.45) is 5.10 Å². The van der Waals surface area contributed by atoms with Crippen LogP contribution in [0.2, 0.25) is 0 Å². The first-order valence-electron chi connectivity index (χ1n) is 15.7.